The number of carbonyl (C=O) groups excluding carboxylic acids is 1. The molecule has 2 aliphatic heterocycles. The first-order valence-electron chi connectivity index (χ1n) is 12.5. The number of benzene rings is 1. The quantitative estimate of drug-likeness (QED) is 0.401. The predicted octanol–water partition coefficient (Wildman–Crippen LogP) is 2.43. The number of hydrogen-bond donors (Lipinski definition) is 2. The van der Waals surface area contributed by atoms with E-state index < -0.39 is 0 Å². The average Bonchev–Trinajstić information content (AvgIpc) is 3.74. The summed E-state index contributed by atoms with van der Waals surface area (Å²) in [7, 11) is 0. The van der Waals surface area contributed by atoms with Crippen LogP contribution in [-0.2, 0) is 9.53 Å². The summed E-state index contributed by atoms with van der Waals surface area (Å²) in [6.07, 6.45) is 4.59. The summed E-state index contributed by atoms with van der Waals surface area (Å²) in [6.45, 7) is 7.79. The molecule has 2 N–H and O–H groups in total. The molecule has 0 radical (unpaired) electrons. The fraction of sp³-hybridized carbons (Fsp3) is 0.560. The lowest BCUT2D eigenvalue weighted by Gasteiger charge is -2.35. The molecule has 0 spiro atoms. The predicted molar refractivity (Wildman–Crippen MR) is 141 cm³/mol. The summed E-state index contributed by atoms with van der Waals surface area (Å²) in [5.74, 6) is 2.66. The van der Waals surface area contributed by atoms with Gasteiger partial charge >= 0.3 is 0 Å². The minimum atomic E-state index is 0.195. The van der Waals surface area contributed by atoms with Crippen LogP contribution in [0.3, 0.4) is 0 Å². The van der Waals surface area contributed by atoms with Crippen LogP contribution in [0.2, 0.25) is 0 Å². The minimum Gasteiger partial charge on any atom is -0.378 e. The summed E-state index contributed by atoms with van der Waals surface area (Å²) in [4.78, 5) is 28.5. The van der Waals surface area contributed by atoms with Gasteiger partial charge in [0.05, 0.1) is 19.8 Å². The smallest absolute Gasteiger partial charge is 0.236 e. The molecule has 3 fully saturated rings. The molecule has 1 saturated carbocycles. The molecule has 1 aromatic heterocycles. The largest absolute Gasteiger partial charge is 0.378 e. The highest BCUT2D eigenvalue weighted by molar-refractivity contribution is 7.98. The zero-order valence-corrected chi connectivity index (χ0v) is 21.2. The van der Waals surface area contributed by atoms with Crippen LogP contribution in [0, 0.1) is 5.92 Å². The van der Waals surface area contributed by atoms with Gasteiger partial charge in [0.2, 0.25) is 5.91 Å². The Labute approximate surface area is 211 Å². The number of piperazine rings is 1. The fourth-order valence-corrected chi connectivity index (χ4v) is 4.83. The van der Waals surface area contributed by atoms with Crippen molar-refractivity contribution in [2.45, 2.75) is 18.0 Å². The normalized spacial score (nSPS) is 18.6. The minimum absolute atomic E-state index is 0.195. The van der Waals surface area contributed by atoms with Crippen molar-refractivity contribution in [2.24, 2.45) is 5.92 Å². The summed E-state index contributed by atoms with van der Waals surface area (Å²) in [5, 5.41) is 7.49. The molecule has 1 aliphatic carbocycles. The molecule has 5 rings (SSSR count). The van der Waals surface area contributed by atoms with Gasteiger partial charge in [0.1, 0.15) is 11.6 Å². The molecule has 0 atom stereocenters. The van der Waals surface area contributed by atoms with E-state index in [-0.39, 0.29) is 5.91 Å². The summed E-state index contributed by atoms with van der Waals surface area (Å²) < 4.78 is 5.45. The van der Waals surface area contributed by atoms with E-state index in [0.717, 1.165) is 74.3 Å². The summed E-state index contributed by atoms with van der Waals surface area (Å²) >= 11 is 1.53. The topological polar surface area (TPSA) is 85.9 Å². The van der Waals surface area contributed by atoms with Crippen molar-refractivity contribution in [1.29, 1.82) is 0 Å². The molecule has 188 valence electrons. The van der Waals surface area contributed by atoms with E-state index in [0.29, 0.717) is 19.6 Å². The first kappa shape index (κ1) is 24.1. The monoisotopic (exact) mass is 497 g/mol. The van der Waals surface area contributed by atoms with Gasteiger partial charge in [-0.1, -0.05) is 11.8 Å². The Balaban J connectivity index is 1.18. The first-order chi connectivity index (χ1) is 17.2. The second-order valence-corrected chi connectivity index (χ2v) is 10.1. The molecular formula is C25H35N7O2S. The lowest BCUT2D eigenvalue weighted by Crippen LogP contribution is -2.51. The third kappa shape index (κ3) is 6.56. The highest BCUT2D eigenvalue weighted by atomic mass is 32.2. The number of nitrogens with zero attached hydrogens (tertiary/aromatic N) is 5. The molecule has 9 nitrogen and oxygen atoms in total. The highest BCUT2D eigenvalue weighted by Crippen LogP contribution is 2.28. The highest BCUT2D eigenvalue weighted by Gasteiger charge is 2.24. The van der Waals surface area contributed by atoms with Gasteiger partial charge in [0.25, 0.3) is 0 Å². The molecule has 0 unspecified atom stereocenters. The van der Waals surface area contributed by atoms with Gasteiger partial charge in [0, 0.05) is 56.7 Å². The van der Waals surface area contributed by atoms with Crippen molar-refractivity contribution in [1.82, 2.24) is 20.2 Å². The zero-order chi connectivity index (χ0) is 24.0. The van der Waals surface area contributed by atoms with E-state index in [1.54, 1.807) is 0 Å². The molecule has 3 aliphatic rings. The second-order valence-electron chi connectivity index (χ2n) is 9.31. The number of hydrogen-bond acceptors (Lipinski definition) is 9. The van der Waals surface area contributed by atoms with E-state index >= 15 is 0 Å². The maximum Gasteiger partial charge on any atom is 0.236 e. The first-order valence-corrected chi connectivity index (χ1v) is 13.8. The van der Waals surface area contributed by atoms with Crippen molar-refractivity contribution in [2.75, 3.05) is 86.9 Å². The molecule has 2 saturated heterocycles. The Morgan fingerprint density at radius 1 is 1.03 bits per heavy atom. The second kappa shape index (κ2) is 11.5. The van der Waals surface area contributed by atoms with Gasteiger partial charge < -0.3 is 30.1 Å². The van der Waals surface area contributed by atoms with Gasteiger partial charge in [-0.15, -0.1) is 0 Å². The van der Waals surface area contributed by atoms with Crippen molar-refractivity contribution in [3.05, 3.63) is 30.3 Å². The van der Waals surface area contributed by atoms with Crippen LogP contribution in [0.1, 0.15) is 12.8 Å². The lowest BCUT2D eigenvalue weighted by atomic mass is 10.2. The Morgan fingerprint density at radius 3 is 2.46 bits per heavy atom. The number of ether oxygens (including phenoxy) is 1. The zero-order valence-electron chi connectivity index (χ0n) is 20.4. The molecule has 0 bridgehead atoms. The van der Waals surface area contributed by atoms with Gasteiger partial charge in [-0.3, -0.25) is 4.79 Å². The van der Waals surface area contributed by atoms with Crippen LogP contribution in [0.15, 0.2) is 35.5 Å². The third-order valence-corrected chi connectivity index (χ3v) is 7.30. The van der Waals surface area contributed by atoms with Crippen LogP contribution in [0.4, 0.5) is 23.0 Å². The standard InChI is InChI=1S/C25H35N7O2S/c1-35-25-28-22(27-20-4-6-21(7-5-20)30-12-14-34-15-13-30)16-23(29-25)31-8-10-32(11-9-31)24(33)18-26-17-19-2-3-19/h4-7,16,19,26H,2-3,8-15,17-18H2,1H3,(H,27,28,29). The van der Waals surface area contributed by atoms with E-state index in [4.69, 9.17) is 9.72 Å². The number of aromatic nitrogens is 2. The van der Waals surface area contributed by atoms with Crippen molar-refractivity contribution >= 4 is 40.7 Å². The maximum atomic E-state index is 12.5. The van der Waals surface area contributed by atoms with Crippen molar-refractivity contribution in [3.8, 4) is 0 Å². The number of nitrogens with one attached hydrogen (secondary N) is 2. The van der Waals surface area contributed by atoms with Gasteiger partial charge in [-0.25, -0.2) is 9.97 Å². The Morgan fingerprint density at radius 2 is 1.77 bits per heavy atom. The average molecular weight is 498 g/mol. The van der Waals surface area contributed by atoms with Gasteiger partial charge in [-0.05, 0) is 55.8 Å². The number of morpholine rings is 1. The number of amides is 1. The Bertz CT molecular complexity index is 988. The van der Waals surface area contributed by atoms with Crippen LogP contribution >= 0.6 is 11.8 Å². The molecule has 10 heteroatoms. The van der Waals surface area contributed by atoms with Gasteiger partial charge in [0.15, 0.2) is 5.16 Å². The molecule has 1 aromatic carbocycles. The summed E-state index contributed by atoms with van der Waals surface area (Å²) in [5.41, 5.74) is 2.20. The van der Waals surface area contributed by atoms with E-state index in [9.17, 15) is 4.79 Å². The SMILES string of the molecule is CSc1nc(Nc2ccc(N3CCOCC3)cc2)cc(N2CCN(C(=O)CNCC3CC3)CC2)n1. The Hall–Kier alpha value is -2.56. The van der Waals surface area contributed by atoms with E-state index in [2.05, 4.69) is 49.7 Å². The fourth-order valence-electron chi connectivity index (χ4n) is 4.46. The van der Waals surface area contributed by atoms with E-state index in [1.807, 2.05) is 17.2 Å². The molecular weight excluding hydrogens is 462 g/mol. The lowest BCUT2D eigenvalue weighted by molar-refractivity contribution is -0.130. The van der Waals surface area contributed by atoms with Crippen LogP contribution in [0.5, 0.6) is 0 Å². The van der Waals surface area contributed by atoms with Gasteiger partial charge in [-0.2, -0.15) is 0 Å². The van der Waals surface area contributed by atoms with Crippen LogP contribution in [-0.4, -0.2) is 92.6 Å². The molecule has 1 amide bonds. The van der Waals surface area contributed by atoms with Crippen LogP contribution in [0.25, 0.3) is 0 Å². The number of thioether (sulfide) groups is 1. The van der Waals surface area contributed by atoms with E-state index in [1.165, 1.54) is 30.3 Å². The number of carbonyl (C=O) groups is 1. The number of rotatable bonds is 9. The van der Waals surface area contributed by atoms with Crippen LogP contribution < -0.4 is 20.4 Å². The Kier molecular flexibility index (Phi) is 7.90. The maximum absolute atomic E-state index is 12.5. The molecule has 3 heterocycles. The van der Waals surface area contributed by atoms with Crippen molar-refractivity contribution < 1.29 is 9.53 Å². The van der Waals surface area contributed by atoms with Crippen molar-refractivity contribution in [3.63, 3.8) is 0 Å². The molecule has 2 aromatic rings. The number of anilines is 4. The third-order valence-electron chi connectivity index (χ3n) is 6.75. The molecule has 35 heavy (non-hydrogen) atoms. The summed E-state index contributed by atoms with van der Waals surface area (Å²) in [6, 6.07) is 10.5.